The summed E-state index contributed by atoms with van der Waals surface area (Å²) in [6, 6.07) is 0. The van der Waals surface area contributed by atoms with Crippen LogP contribution in [0.1, 0.15) is 58.8 Å². The molecule has 0 heterocycles. The van der Waals surface area contributed by atoms with Crippen LogP contribution in [0.2, 0.25) is 0 Å². The second kappa shape index (κ2) is 8.68. The average Bonchev–Trinajstić information content (AvgIpc) is 2.43. The van der Waals surface area contributed by atoms with Gasteiger partial charge in [-0.3, -0.25) is 4.99 Å². The standard InChI is InChI=1S/C16H31N3O2.HI/c1-3-17-14(19-12-16(21)9-6-10-16)18-11-15(2)8-5-4-7-13(15)20;/h13,20-21H,3-12H2,1-2H3,(H2,17,18,19);1H. The molecule has 2 fully saturated rings. The van der Waals surface area contributed by atoms with Crippen LogP contribution in [0, 0.1) is 5.41 Å². The minimum absolute atomic E-state index is 0. The van der Waals surface area contributed by atoms with Crippen molar-refractivity contribution in [1.29, 1.82) is 0 Å². The van der Waals surface area contributed by atoms with Gasteiger partial charge in [-0.1, -0.05) is 19.8 Å². The molecule has 0 saturated heterocycles. The first-order chi connectivity index (χ1) is 9.97. The highest BCUT2D eigenvalue weighted by Crippen LogP contribution is 2.36. The molecule has 0 amide bonds. The van der Waals surface area contributed by atoms with E-state index in [-0.39, 0.29) is 35.5 Å². The molecule has 2 atom stereocenters. The molecule has 0 aromatic rings. The summed E-state index contributed by atoms with van der Waals surface area (Å²) in [5, 5.41) is 26.8. The molecule has 2 saturated carbocycles. The normalized spacial score (nSPS) is 30.9. The summed E-state index contributed by atoms with van der Waals surface area (Å²) in [6.45, 7) is 6.14. The third kappa shape index (κ3) is 5.23. The van der Waals surface area contributed by atoms with Gasteiger partial charge in [0.1, 0.15) is 0 Å². The average molecular weight is 425 g/mol. The zero-order valence-corrected chi connectivity index (χ0v) is 16.2. The van der Waals surface area contributed by atoms with Gasteiger partial charge in [-0.2, -0.15) is 0 Å². The van der Waals surface area contributed by atoms with E-state index in [0.29, 0.717) is 13.1 Å². The SMILES string of the molecule is CCNC(=NCC1(C)CCCCC1O)NCC1(O)CCC1.I. The molecular formula is C16H32IN3O2. The van der Waals surface area contributed by atoms with E-state index in [2.05, 4.69) is 22.5 Å². The van der Waals surface area contributed by atoms with Crippen molar-refractivity contribution in [2.24, 2.45) is 10.4 Å². The molecule has 0 bridgehead atoms. The Morgan fingerprint density at radius 1 is 1.18 bits per heavy atom. The predicted octanol–water partition coefficient (Wildman–Crippen LogP) is 2.02. The van der Waals surface area contributed by atoms with Crippen LogP contribution in [-0.4, -0.2) is 47.5 Å². The smallest absolute Gasteiger partial charge is 0.191 e. The Balaban J connectivity index is 0.00000242. The molecule has 0 radical (unpaired) electrons. The van der Waals surface area contributed by atoms with E-state index in [1.54, 1.807) is 0 Å². The Hall–Kier alpha value is -0.0800. The van der Waals surface area contributed by atoms with Crippen molar-refractivity contribution in [2.45, 2.75) is 70.5 Å². The molecule has 5 nitrogen and oxygen atoms in total. The van der Waals surface area contributed by atoms with Crippen molar-refractivity contribution >= 4 is 29.9 Å². The van der Waals surface area contributed by atoms with Crippen LogP contribution in [0.25, 0.3) is 0 Å². The Labute approximate surface area is 151 Å². The van der Waals surface area contributed by atoms with E-state index in [0.717, 1.165) is 51.0 Å². The number of halogens is 1. The van der Waals surface area contributed by atoms with Gasteiger partial charge in [0.2, 0.25) is 0 Å². The van der Waals surface area contributed by atoms with Gasteiger partial charge in [0, 0.05) is 18.5 Å². The molecule has 0 aliphatic heterocycles. The summed E-state index contributed by atoms with van der Waals surface area (Å²) in [7, 11) is 0. The Morgan fingerprint density at radius 3 is 2.45 bits per heavy atom. The molecule has 2 aliphatic carbocycles. The second-order valence-corrected chi connectivity index (χ2v) is 7.04. The van der Waals surface area contributed by atoms with Gasteiger partial charge in [0.05, 0.1) is 18.2 Å². The highest BCUT2D eigenvalue weighted by molar-refractivity contribution is 14.0. The van der Waals surface area contributed by atoms with Gasteiger partial charge in [-0.05, 0) is 39.0 Å². The molecule has 0 aromatic carbocycles. The minimum Gasteiger partial charge on any atom is -0.392 e. The molecule has 4 N–H and O–H groups in total. The van der Waals surface area contributed by atoms with Crippen LogP contribution >= 0.6 is 24.0 Å². The molecular weight excluding hydrogens is 393 g/mol. The Bertz CT molecular complexity index is 374. The van der Waals surface area contributed by atoms with E-state index in [4.69, 9.17) is 0 Å². The van der Waals surface area contributed by atoms with E-state index in [1.807, 2.05) is 6.92 Å². The molecule has 0 aromatic heterocycles. The maximum Gasteiger partial charge on any atom is 0.191 e. The molecule has 2 rings (SSSR count). The summed E-state index contributed by atoms with van der Waals surface area (Å²) in [6.07, 6.45) is 6.80. The molecule has 2 aliphatic rings. The van der Waals surface area contributed by atoms with Crippen molar-refractivity contribution in [3.05, 3.63) is 0 Å². The van der Waals surface area contributed by atoms with Crippen LogP contribution < -0.4 is 10.6 Å². The topological polar surface area (TPSA) is 76.9 Å². The van der Waals surface area contributed by atoms with Gasteiger partial charge < -0.3 is 20.8 Å². The molecule has 22 heavy (non-hydrogen) atoms. The van der Waals surface area contributed by atoms with Crippen molar-refractivity contribution in [3.8, 4) is 0 Å². The van der Waals surface area contributed by atoms with Crippen molar-refractivity contribution < 1.29 is 10.2 Å². The van der Waals surface area contributed by atoms with Crippen LogP contribution in [0.15, 0.2) is 4.99 Å². The van der Waals surface area contributed by atoms with Crippen molar-refractivity contribution in [3.63, 3.8) is 0 Å². The second-order valence-electron chi connectivity index (χ2n) is 7.04. The van der Waals surface area contributed by atoms with E-state index in [9.17, 15) is 10.2 Å². The van der Waals surface area contributed by atoms with Crippen molar-refractivity contribution in [2.75, 3.05) is 19.6 Å². The fourth-order valence-electron chi connectivity index (χ4n) is 3.18. The lowest BCUT2D eigenvalue weighted by atomic mass is 9.73. The maximum absolute atomic E-state index is 10.2. The Kier molecular flexibility index (Phi) is 7.88. The number of nitrogens with one attached hydrogen (secondary N) is 2. The zero-order valence-electron chi connectivity index (χ0n) is 13.9. The molecule has 6 heteroatoms. The van der Waals surface area contributed by atoms with Gasteiger partial charge in [0.25, 0.3) is 0 Å². The third-order valence-corrected chi connectivity index (χ3v) is 5.09. The summed E-state index contributed by atoms with van der Waals surface area (Å²) in [4.78, 5) is 4.64. The van der Waals surface area contributed by atoms with Crippen LogP contribution in [0.5, 0.6) is 0 Å². The first kappa shape index (κ1) is 20.0. The first-order valence-electron chi connectivity index (χ1n) is 8.40. The largest absolute Gasteiger partial charge is 0.392 e. The van der Waals surface area contributed by atoms with Crippen LogP contribution in [0.3, 0.4) is 0 Å². The number of hydrogen-bond acceptors (Lipinski definition) is 3. The number of guanidine groups is 1. The third-order valence-electron chi connectivity index (χ3n) is 5.09. The molecule has 130 valence electrons. The van der Waals surface area contributed by atoms with Gasteiger partial charge in [0.15, 0.2) is 5.96 Å². The fraction of sp³-hybridized carbons (Fsp3) is 0.938. The zero-order chi connectivity index (χ0) is 15.3. The predicted molar refractivity (Wildman–Crippen MR) is 101 cm³/mol. The number of aliphatic hydroxyl groups is 2. The lowest BCUT2D eigenvalue weighted by Crippen LogP contribution is -2.51. The monoisotopic (exact) mass is 425 g/mol. The number of rotatable bonds is 5. The number of aliphatic hydroxyl groups excluding tert-OH is 1. The first-order valence-corrected chi connectivity index (χ1v) is 8.40. The number of nitrogens with zero attached hydrogens (tertiary/aromatic N) is 1. The quantitative estimate of drug-likeness (QED) is 0.309. The van der Waals surface area contributed by atoms with Crippen LogP contribution in [0.4, 0.5) is 0 Å². The maximum atomic E-state index is 10.2. The molecule has 2 unspecified atom stereocenters. The lowest BCUT2D eigenvalue weighted by molar-refractivity contribution is -0.0279. The fourth-order valence-corrected chi connectivity index (χ4v) is 3.18. The summed E-state index contributed by atoms with van der Waals surface area (Å²) in [5.74, 6) is 0.747. The van der Waals surface area contributed by atoms with Gasteiger partial charge >= 0.3 is 0 Å². The van der Waals surface area contributed by atoms with Crippen LogP contribution in [-0.2, 0) is 0 Å². The van der Waals surface area contributed by atoms with E-state index >= 15 is 0 Å². The molecule has 0 spiro atoms. The number of aliphatic imine (C=N–C) groups is 1. The highest BCUT2D eigenvalue weighted by atomic mass is 127. The van der Waals surface area contributed by atoms with E-state index < -0.39 is 5.60 Å². The highest BCUT2D eigenvalue weighted by Gasteiger charge is 2.36. The van der Waals surface area contributed by atoms with E-state index in [1.165, 1.54) is 6.42 Å². The van der Waals surface area contributed by atoms with Gasteiger partial charge in [-0.25, -0.2) is 0 Å². The summed E-state index contributed by atoms with van der Waals surface area (Å²) < 4.78 is 0. The summed E-state index contributed by atoms with van der Waals surface area (Å²) in [5.41, 5.74) is -0.668. The summed E-state index contributed by atoms with van der Waals surface area (Å²) >= 11 is 0. The lowest BCUT2D eigenvalue weighted by Gasteiger charge is -2.38. The van der Waals surface area contributed by atoms with Gasteiger partial charge in [-0.15, -0.1) is 24.0 Å². The van der Waals surface area contributed by atoms with Crippen molar-refractivity contribution in [1.82, 2.24) is 10.6 Å². The minimum atomic E-state index is -0.551. The Morgan fingerprint density at radius 2 is 1.91 bits per heavy atom. The number of hydrogen-bond donors (Lipinski definition) is 4.